The van der Waals surface area contributed by atoms with E-state index in [1.54, 1.807) is 12.1 Å². The summed E-state index contributed by atoms with van der Waals surface area (Å²) < 4.78 is 47.0. The van der Waals surface area contributed by atoms with Crippen molar-refractivity contribution in [2.24, 2.45) is 0 Å². The van der Waals surface area contributed by atoms with Crippen molar-refractivity contribution in [1.82, 2.24) is 10.2 Å². The van der Waals surface area contributed by atoms with E-state index in [0.29, 0.717) is 0 Å². The topological polar surface area (TPSA) is 33.7 Å². The molecule has 1 atom stereocenters. The van der Waals surface area contributed by atoms with Crippen molar-refractivity contribution in [2.75, 3.05) is 26.2 Å². The summed E-state index contributed by atoms with van der Waals surface area (Å²) in [6.45, 7) is 7.41. The van der Waals surface area contributed by atoms with Crippen molar-refractivity contribution in [1.29, 1.82) is 0 Å². The van der Waals surface area contributed by atoms with Crippen LogP contribution in [-0.4, -0.2) is 43.5 Å². The van der Waals surface area contributed by atoms with Crippen molar-refractivity contribution in [2.45, 2.75) is 32.4 Å². The van der Waals surface area contributed by atoms with E-state index in [1.165, 1.54) is 12.1 Å². The van der Waals surface area contributed by atoms with Gasteiger partial charge in [-0.3, -0.25) is 4.90 Å². The van der Waals surface area contributed by atoms with Crippen LogP contribution in [0.1, 0.15) is 31.0 Å². The summed E-state index contributed by atoms with van der Waals surface area (Å²) in [5.74, 6) is 0.586. The summed E-state index contributed by atoms with van der Waals surface area (Å²) >= 11 is 0. The summed E-state index contributed by atoms with van der Waals surface area (Å²) in [5.41, 5.74) is 2.00. The van der Waals surface area contributed by atoms with Crippen molar-refractivity contribution in [3.63, 3.8) is 0 Å². The number of hydrogen-bond acceptors (Lipinski definition) is 4. The smallest absolute Gasteiger partial charge is 0.491 e. The average Bonchev–Trinajstić information content (AvgIpc) is 2.64. The standard InChI is InChI=1S/C21H25F3N2O2.2ClH/c1-15(2)27-18-7-3-16(4-8-18)20(26-13-11-25-12-14-26)17-5-9-19(10-6-17)28-21(22,23)24;;/h3-10,15,20,25H,11-14H2,1-2H3;2*1H/t20-;;/m0../s1. The number of alkyl halides is 3. The van der Waals surface area contributed by atoms with E-state index in [9.17, 15) is 13.2 Å². The van der Waals surface area contributed by atoms with Crippen LogP contribution in [0.25, 0.3) is 0 Å². The van der Waals surface area contributed by atoms with E-state index in [4.69, 9.17) is 4.74 Å². The van der Waals surface area contributed by atoms with Crippen LogP contribution < -0.4 is 14.8 Å². The normalized spacial score (nSPS) is 15.7. The largest absolute Gasteiger partial charge is 0.573 e. The highest BCUT2D eigenvalue weighted by molar-refractivity contribution is 5.85. The Hall–Kier alpha value is -1.67. The predicted octanol–water partition coefficient (Wildman–Crippen LogP) is 5.21. The van der Waals surface area contributed by atoms with Gasteiger partial charge in [0.2, 0.25) is 0 Å². The number of hydrogen-bond donors (Lipinski definition) is 1. The molecule has 0 aliphatic carbocycles. The van der Waals surface area contributed by atoms with Crippen LogP contribution in [-0.2, 0) is 0 Å². The van der Waals surface area contributed by atoms with E-state index >= 15 is 0 Å². The van der Waals surface area contributed by atoms with Crippen LogP contribution in [0.5, 0.6) is 11.5 Å². The average molecular weight is 467 g/mol. The first kappa shape index (κ1) is 26.4. The number of ether oxygens (including phenoxy) is 2. The molecule has 3 rings (SSSR count). The molecule has 1 saturated heterocycles. The third kappa shape index (κ3) is 7.54. The number of halogens is 5. The number of piperazine rings is 1. The molecule has 4 nitrogen and oxygen atoms in total. The fourth-order valence-corrected chi connectivity index (χ4v) is 3.41. The highest BCUT2D eigenvalue weighted by atomic mass is 35.5. The van der Waals surface area contributed by atoms with Gasteiger partial charge in [0.1, 0.15) is 11.5 Å². The fraction of sp³-hybridized carbons (Fsp3) is 0.429. The second-order valence-electron chi connectivity index (χ2n) is 7.04. The van der Waals surface area contributed by atoms with E-state index in [0.717, 1.165) is 43.1 Å². The van der Waals surface area contributed by atoms with Gasteiger partial charge in [0, 0.05) is 26.2 Å². The molecular weight excluding hydrogens is 440 g/mol. The highest BCUT2D eigenvalue weighted by Crippen LogP contribution is 2.32. The van der Waals surface area contributed by atoms with Gasteiger partial charge in [-0.25, -0.2) is 0 Å². The van der Waals surface area contributed by atoms with Crippen molar-refractivity contribution < 1.29 is 22.6 Å². The lowest BCUT2D eigenvalue weighted by Crippen LogP contribution is -2.45. The quantitative estimate of drug-likeness (QED) is 0.633. The molecule has 1 N–H and O–H groups in total. The van der Waals surface area contributed by atoms with Crippen molar-refractivity contribution in [3.05, 3.63) is 59.7 Å². The zero-order valence-corrected chi connectivity index (χ0v) is 18.4. The highest BCUT2D eigenvalue weighted by Gasteiger charge is 2.31. The molecule has 0 spiro atoms. The third-order valence-corrected chi connectivity index (χ3v) is 4.51. The first-order valence-electron chi connectivity index (χ1n) is 9.39. The minimum absolute atomic E-state index is 0. The van der Waals surface area contributed by atoms with Crippen LogP contribution in [0.2, 0.25) is 0 Å². The Kier molecular flexibility index (Phi) is 10.2. The van der Waals surface area contributed by atoms with E-state index < -0.39 is 6.36 Å². The molecule has 0 unspecified atom stereocenters. The zero-order chi connectivity index (χ0) is 20.1. The number of benzene rings is 2. The van der Waals surface area contributed by atoms with Gasteiger partial charge in [-0.2, -0.15) is 0 Å². The Morgan fingerprint density at radius 3 is 1.73 bits per heavy atom. The molecule has 0 radical (unpaired) electrons. The minimum atomic E-state index is -4.69. The summed E-state index contributed by atoms with van der Waals surface area (Å²) in [5, 5.41) is 3.33. The maximum absolute atomic E-state index is 12.4. The zero-order valence-electron chi connectivity index (χ0n) is 16.8. The Labute approximate surface area is 187 Å². The predicted molar refractivity (Wildman–Crippen MR) is 116 cm³/mol. The summed E-state index contributed by atoms with van der Waals surface area (Å²) in [7, 11) is 0. The maximum atomic E-state index is 12.4. The minimum Gasteiger partial charge on any atom is -0.491 e. The number of nitrogens with zero attached hydrogens (tertiary/aromatic N) is 1. The molecule has 2 aromatic rings. The lowest BCUT2D eigenvalue weighted by atomic mass is 9.96. The van der Waals surface area contributed by atoms with Gasteiger partial charge in [0.05, 0.1) is 12.1 Å². The molecule has 2 aromatic carbocycles. The monoisotopic (exact) mass is 466 g/mol. The summed E-state index contributed by atoms with van der Waals surface area (Å²) in [4.78, 5) is 2.33. The molecule has 0 saturated carbocycles. The van der Waals surface area contributed by atoms with Gasteiger partial charge in [0.15, 0.2) is 0 Å². The molecule has 1 fully saturated rings. The lowest BCUT2D eigenvalue weighted by molar-refractivity contribution is -0.274. The van der Waals surface area contributed by atoms with Crippen LogP contribution >= 0.6 is 24.8 Å². The molecule has 1 aliphatic rings. The Bertz CT molecular complexity index is 750. The Morgan fingerprint density at radius 1 is 0.833 bits per heavy atom. The summed E-state index contributed by atoms with van der Waals surface area (Å²) in [6.07, 6.45) is -4.60. The number of rotatable bonds is 6. The second kappa shape index (κ2) is 11.6. The van der Waals surface area contributed by atoms with E-state index in [-0.39, 0.29) is 42.7 Å². The third-order valence-electron chi connectivity index (χ3n) is 4.51. The van der Waals surface area contributed by atoms with Gasteiger partial charge < -0.3 is 14.8 Å². The number of nitrogens with one attached hydrogen (secondary N) is 1. The molecule has 0 bridgehead atoms. The Balaban J connectivity index is 0.00000225. The summed E-state index contributed by atoms with van der Waals surface area (Å²) in [6, 6.07) is 14.0. The first-order valence-corrected chi connectivity index (χ1v) is 9.39. The van der Waals surface area contributed by atoms with Crippen molar-refractivity contribution in [3.8, 4) is 11.5 Å². The molecule has 0 aromatic heterocycles. The van der Waals surface area contributed by atoms with Crippen LogP contribution in [0.15, 0.2) is 48.5 Å². The fourth-order valence-electron chi connectivity index (χ4n) is 3.41. The molecule has 30 heavy (non-hydrogen) atoms. The molecule has 1 aliphatic heterocycles. The Morgan fingerprint density at radius 2 is 1.30 bits per heavy atom. The molecule has 9 heteroatoms. The lowest BCUT2D eigenvalue weighted by Gasteiger charge is -2.35. The van der Waals surface area contributed by atoms with Gasteiger partial charge in [-0.05, 0) is 49.2 Å². The van der Waals surface area contributed by atoms with Crippen LogP contribution in [0, 0.1) is 0 Å². The maximum Gasteiger partial charge on any atom is 0.573 e. The van der Waals surface area contributed by atoms with Crippen molar-refractivity contribution >= 4 is 24.8 Å². The second-order valence-corrected chi connectivity index (χ2v) is 7.04. The molecule has 0 amide bonds. The van der Waals surface area contributed by atoms with E-state index in [1.807, 2.05) is 38.1 Å². The molecular formula is C21H27Cl2F3N2O2. The van der Waals surface area contributed by atoms with Crippen LogP contribution in [0.3, 0.4) is 0 Å². The van der Waals surface area contributed by atoms with Gasteiger partial charge in [0.25, 0.3) is 0 Å². The molecule has 1 heterocycles. The SMILES string of the molecule is CC(C)Oc1ccc([C@@H](c2ccc(OC(F)(F)F)cc2)N2CCNCC2)cc1.Cl.Cl. The van der Waals surface area contributed by atoms with Gasteiger partial charge >= 0.3 is 6.36 Å². The van der Waals surface area contributed by atoms with Gasteiger partial charge in [-0.15, -0.1) is 38.0 Å². The van der Waals surface area contributed by atoms with Crippen LogP contribution in [0.4, 0.5) is 13.2 Å². The first-order chi connectivity index (χ1) is 13.3. The molecule has 168 valence electrons. The van der Waals surface area contributed by atoms with Gasteiger partial charge in [-0.1, -0.05) is 24.3 Å². The van der Waals surface area contributed by atoms with E-state index in [2.05, 4.69) is 15.0 Å².